The van der Waals surface area contributed by atoms with Crippen LogP contribution in [0.1, 0.15) is 5.56 Å². The predicted molar refractivity (Wildman–Crippen MR) is 71.2 cm³/mol. The summed E-state index contributed by atoms with van der Waals surface area (Å²) in [4.78, 5) is 21.7. The second-order valence-electron chi connectivity index (χ2n) is 3.53. The molecule has 0 aliphatic carbocycles. The summed E-state index contributed by atoms with van der Waals surface area (Å²) in [6.45, 7) is 3.77. The zero-order valence-electron chi connectivity index (χ0n) is 10.2. The van der Waals surface area contributed by atoms with Crippen molar-refractivity contribution in [2.75, 3.05) is 13.2 Å². The maximum Gasteiger partial charge on any atom is 0.407 e. The molecule has 0 atom stereocenters. The molecular weight excluding hydrogens is 270 g/mol. The Kier molecular flexibility index (Phi) is 6.46. The topological polar surface area (TPSA) is 64.6 Å². The highest BCUT2D eigenvalue weighted by atomic mass is 35.5. The molecule has 0 aromatic heterocycles. The lowest BCUT2D eigenvalue weighted by Crippen LogP contribution is -2.23. The van der Waals surface area contributed by atoms with Crippen LogP contribution in [0.2, 0.25) is 0 Å². The third-order valence-corrected chi connectivity index (χ3v) is 2.15. The van der Waals surface area contributed by atoms with Gasteiger partial charge in [0.1, 0.15) is 12.4 Å². The number of carbonyl (C=O) groups is 2. The van der Waals surface area contributed by atoms with E-state index < -0.39 is 11.3 Å². The van der Waals surface area contributed by atoms with Crippen LogP contribution in [-0.4, -0.2) is 24.5 Å². The summed E-state index contributed by atoms with van der Waals surface area (Å²) in [5, 5.41) is 2.02. The van der Waals surface area contributed by atoms with Crippen LogP contribution >= 0.6 is 11.6 Å². The minimum Gasteiger partial charge on any atom is -0.484 e. The summed E-state index contributed by atoms with van der Waals surface area (Å²) in [7, 11) is 0. The fourth-order valence-corrected chi connectivity index (χ4v) is 1.26. The quantitative estimate of drug-likeness (QED) is 0.616. The van der Waals surface area contributed by atoms with Crippen LogP contribution in [0.5, 0.6) is 5.75 Å². The van der Waals surface area contributed by atoms with Crippen molar-refractivity contribution < 1.29 is 19.1 Å². The zero-order chi connectivity index (χ0) is 14.1. The van der Waals surface area contributed by atoms with Crippen LogP contribution in [0.25, 0.3) is 0 Å². The Labute approximate surface area is 116 Å². The lowest BCUT2D eigenvalue weighted by molar-refractivity contribution is -0.113. The summed E-state index contributed by atoms with van der Waals surface area (Å²) >= 11 is 5.15. The third kappa shape index (κ3) is 6.47. The molecule has 0 saturated heterocycles. The summed E-state index contributed by atoms with van der Waals surface area (Å²) in [6.07, 6.45) is 0.983. The van der Waals surface area contributed by atoms with Gasteiger partial charge in [0.2, 0.25) is 0 Å². The fourth-order valence-electron chi connectivity index (χ4n) is 1.20. The minimum atomic E-state index is -0.560. The van der Waals surface area contributed by atoms with Crippen LogP contribution in [0.3, 0.4) is 0 Å². The molecule has 0 aliphatic heterocycles. The number of ether oxygens (including phenoxy) is 2. The molecule has 1 amide bonds. The molecule has 0 unspecified atom stereocenters. The molecule has 1 N–H and O–H groups in total. The van der Waals surface area contributed by atoms with Gasteiger partial charge in [-0.2, -0.15) is 0 Å². The Balaban J connectivity index is 2.37. The maximum atomic E-state index is 11.2. The van der Waals surface area contributed by atoms with E-state index in [0.717, 1.165) is 5.56 Å². The molecular formula is C13H14ClNO4. The summed E-state index contributed by atoms with van der Waals surface area (Å²) in [6, 6.07) is 6.90. The van der Waals surface area contributed by atoms with Crippen molar-refractivity contribution in [2.24, 2.45) is 0 Å². The molecule has 0 spiro atoms. The van der Waals surface area contributed by atoms with Gasteiger partial charge in [-0.1, -0.05) is 24.8 Å². The lowest BCUT2D eigenvalue weighted by atomic mass is 10.2. The van der Waals surface area contributed by atoms with E-state index >= 15 is 0 Å². The Bertz CT molecular complexity index is 444. The average molecular weight is 284 g/mol. The number of halogens is 1. The molecule has 0 aliphatic rings. The van der Waals surface area contributed by atoms with Gasteiger partial charge in [-0.25, -0.2) is 4.79 Å². The van der Waals surface area contributed by atoms with Crippen LogP contribution in [0.4, 0.5) is 4.79 Å². The second-order valence-corrected chi connectivity index (χ2v) is 3.95. The first-order chi connectivity index (χ1) is 9.11. The number of benzene rings is 1. The Morgan fingerprint density at radius 2 is 2.00 bits per heavy atom. The Morgan fingerprint density at radius 3 is 2.58 bits per heavy atom. The largest absolute Gasteiger partial charge is 0.484 e. The Morgan fingerprint density at radius 1 is 1.32 bits per heavy atom. The molecule has 102 valence electrons. The van der Waals surface area contributed by atoms with E-state index in [1.165, 1.54) is 6.08 Å². The normalized spacial score (nSPS) is 9.53. The van der Waals surface area contributed by atoms with Gasteiger partial charge in [0.05, 0.1) is 0 Å². The molecule has 5 nitrogen and oxygen atoms in total. The first-order valence-corrected chi connectivity index (χ1v) is 5.91. The van der Waals surface area contributed by atoms with E-state index in [1.54, 1.807) is 24.3 Å². The van der Waals surface area contributed by atoms with Crippen molar-refractivity contribution in [3.8, 4) is 5.75 Å². The van der Waals surface area contributed by atoms with Gasteiger partial charge in [-0.05, 0) is 29.3 Å². The number of amides is 1. The van der Waals surface area contributed by atoms with Gasteiger partial charge in [-0.3, -0.25) is 4.79 Å². The number of rotatable bonds is 7. The molecule has 0 heterocycles. The van der Waals surface area contributed by atoms with Gasteiger partial charge in [0.25, 0.3) is 5.24 Å². The molecule has 1 aromatic carbocycles. The van der Waals surface area contributed by atoms with Crippen LogP contribution < -0.4 is 10.1 Å². The van der Waals surface area contributed by atoms with Crippen molar-refractivity contribution in [2.45, 2.75) is 6.54 Å². The number of nitrogens with one attached hydrogen (secondary N) is 1. The molecule has 6 heteroatoms. The molecule has 0 bridgehead atoms. The summed E-state index contributed by atoms with van der Waals surface area (Å²) < 4.78 is 9.85. The van der Waals surface area contributed by atoms with E-state index in [-0.39, 0.29) is 13.2 Å². The van der Waals surface area contributed by atoms with Gasteiger partial charge in [-0.15, -0.1) is 0 Å². The molecule has 0 radical (unpaired) electrons. The molecule has 0 saturated carbocycles. The SMILES string of the molecule is C=CCOC(=O)NCc1ccc(OCC(=O)Cl)cc1. The molecule has 0 fully saturated rings. The van der Waals surface area contributed by atoms with Crippen molar-refractivity contribution >= 4 is 22.9 Å². The van der Waals surface area contributed by atoms with Crippen molar-refractivity contribution in [3.63, 3.8) is 0 Å². The highest BCUT2D eigenvalue weighted by molar-refractivity contribution is 6.63. The summed E-state index contributed by atoms with van der Waals surface area (Å²) in [5.74, 6) is 0.534. The molecule has 19 heavy (non-hydrogen) atoms. The fraction of sp³-hybridized carbons (Fsp3) is 0.231. The third-order valence-electron chi connectivity index (χ3n) is 2.04. The first-order valence-electron chi connectivity index (χ1n) is 5.53. The highest BCUT2D eigenvalue weighted by Gasteiger charge is 2.02. The lowest BCUT2D eigenvalue weighted by Gasteiger charge is -2.07. The van der Waals surface area contributed by atoms with Gasteiger partial charge >= 0.3 is 6.09 Å². The monoisotopic (exact) mass is 283 g/mol. The minimum absolute atomic E-state index is 0.172. The number of hydrogen-bond donors (Lipinski definition) is 1. The van der Waals surface area contributed by atoms with E-state index in [9.17, 15) is 9.59 Å². The second kappa shape index (κ2) is 8.16. The van der Waals surface area contributed by atoms with Crippen LogP contribution in [-0.2, 0) is 16.1 Å². The van der Waals surface area contributed by atoms with Crippen LogP contribution in [0.15, 0.2) is 36.9 Å². The Hall–Kier alpha value is -2.01. The van der Waals surface area contributed by atoms with E-state index in [2.05, 4.69) is 11.9 Å². The molecule has 1 rings (SSSR count). The molecule has 1 aromatic rings. The van der Waals surface area contributed by atoms with Crippen molar-refractivity contribution in [1.29, 1.82) is 0 Å². The zero-order valence-corrected chi connectivity index (χ0v) is 11.0. The number of hydrogen-bond acceptors (Lipinski definition) is 4. The standard InChI is InChI=1S/C13H14ClNO4/c1-2-7-18-13(17)15-8-10-3-5-11(6-4-10)19-9-12(14)16/h2-6H,1,7-9H2,(H,15,17). The van der Waals surface area contributed by atoms with Gasteiger partial charge in [0.15, 0.2) is 6.61 Å². The highest BCUT2D eigenvalue weighted by Crippen LogP contribution is 2.12. The van der Waals surface area contributed by atoms with E-state index in [4.69, 9.17) is 21.1 Å². The average Bonchev–Trinajstić information content (AvgIpc) is 2.41. The first kappa shape index (κ1) is 15.0. The van der Waals surface area contributed by atoms with Gasteiger partial charge < -0.3 is 14.8 Å². The summed E-state index contributed by atoms with van der Waals surface area (Å²) in [5.41, 5.74) is 0.875. The number of carbonyl (C=O) groups excluding carboxylic acids is 2. The van der Waals surface area contributed by atoms with Crippen molar-refractivity contribution in [1.82, 2.24) is 5.32 Å². The number of alkyl carbamates (subject to hydrolysis) is 1. The van der Waals surface area contributed by atoms with E-state index in [1.807, 2.05) is 0 Å². The maximum absolute atomic E-state index is 11.2. The van der Waals surface area contributed by atoms with Gasteiger partial charge in [0, 0.05) is 6.54 Å². The van der Waals surface area contributed by atoms with Crippen molar-refractivity contribution in [3.05, 3.63) is 42.5 Å². The van der Waals surface area contributed by atoms with E-state index in [0.29, 0.717) is 12.3 Å². The smallest absolute Gasteiger partial charge is 0.407 e. The van der Waals surface area contributed by atoms with Crippen LogP contribution in [0, 0.1) is 0 Å². The predicted octanol–water partition coefficient (Wildman–Crippen LogP) is 2.24.